The minimum atomic E-state index is 0.0429. The van der Waals surface area contributed by atoms with Crippen molar-refractivity contribution in [3.63, 3.8) is 0 Å². The maximum Gasteiger partial charge on any atom is 0.216 e. The number of amides is 1. The lowest BCUT2D eigenvalue weighted by atomic mass is 9.85. The summed E-state index contributed by atoms with van der Waals surface area (Å²) >= 11 is 0. The third-order valence-electron chi connectivity index (χ3n) is 2.09. The molecule has 0 spiro atoms. The maximum atomic E-state index is 10.6. The van der Waals surface area contributed by atoms with Crippen molar-refractivity contribution in [1.29, 1.82) is 0 Å². The summed E-state index contributed by atoms with van der Waals surface area (Å²) in [4.78, 5) is 10.6. The van der Waals surface area contributed by atoms with Crippen molar-refractivity contribution in [3.8, 4) is 0 Å². The Hall–Kier alpha value is -0.790. The van der Waals surface area contributed by atoms with Crippen LogP contribution in [0.4, 0.5) is 0 Å². The van der Waals surface area contributed by atoms with Gasteiger partial charge in [-0.25, -0.2) is 0 Å². The second kappa shape index (κ2) is 5.05. The van der Waals surface area contributed by atoms with Crippen LogP contribution in [0.2, 0.25) is 0 Å². The molecule has 0 saturated carbocycles. The van der Waals surface area contributed by atoms with E-state index in [0.717, 1.165) is 19.4 Å². The monoisotopic (exact) mass is 183 g/mol. The van der Waals surface area contributed by atoms with Gasteiger partial charge in [0, 0.05) is 13.5 Å². The second-order valence-corrected chi connectivity index (χ2v) is 4.44. The Morgan fingerprint density at radius 3 is 2.31 bits per heavy atom. The summed E-state index contributed by atoms with van der Waals surface area (Å²) in [6, 6.07) is 0. The molecule has 0 aromatic carbocycles. The molecule has 0 aromatic heterocycles. The van der Waals surface area contributed by atoms with Gasteiger partial charge in [0.05, 0.1) is 0 Å². The van der Waals surface area contributed by atoms with E-state index in [2.05, 4.69) is 32.7 Å². The molecule has 0 aliphatic carbocycles. The quantitative estimate of drug-likeness (QED) is 0.526. The van der Waals surface area contributed by atoms with E-state index in [1.807, 2.05) is 0 Å². The van der Waals surface area contributed by atoms with Crippen LogP contribution in [0.25, 0.3) is 0 Å². The molecule has 13 heavy (non-hydrogen) atoms. The zero-order chi connectivity index (χ0) is 10.5. The summed E-state index contributed by atoms with van der Waals surface area (Å²) in [5, 5.41) is 2.77. The van der Waals surface area contributed by atoms with Crippen molar-refractivity contribution >= 4 is 5.91 Å². The van der Waals surface area contributed by atoms with Crippen LogP contribution in [-0.4, -0.2) is 12.5 Å². The van der Waals surface area contributed by atoms with Gasteiger partial charge in [-0.05, 0) is 18.3 Å². The van der Waals surface area contributed by atoms with Crippen LogP contribution in [0.5, 0.6) is 0 Å². The molecule has 0 aliphatic rings. The van der Waals surface area contributed by atoms with Crippen molar-refractivity contribution in [3.05, 3.63) is 12.2 Å². The van der Waals surface area contributed by atoms with Crippen LogP contribution in [0, 0.1) is 5.41 Å². The summed E-state index contributed by atoms with van der Waals surface area (Å²) in [5.74, 6) is 0.0429. The van der Waals surface area contributed by atoms with E-state index in [9.17, 15) is 4.79 Å². The van der Waals surface area contributed by atoms with Crippen molar-refractivity contribution in [2.45, 2.75) is 40.5 Å². The molecule has 76 valence electrons. The van der Waals surface area contributed by atoms with Crippen molar-refractivity contribution in [2.75, 3.05) is 6.54 Å². The Morgan fingerprint density at radius 2 is 1.92 bits per heavy atom. The molecule has 1 amide bonds. The average Bonchev–Trinajstić information content (AvgIpc) is 1.95. The third-order valence-corrected chi connectivity index (χ3v) is 2.09. The van der Waals surface area contributed by atoms with Gasteiger partial charge in [-0.2, -0.15) is 0 Å². The Balaban J connectivity index is 3.55. The standard InChI is InChI=1S/C11H21NO/c1-9(11(3,4)5)7-6-8-12-10(2)13/h1,6-8H2,2-5H3,(H,12,13). The molecule has 0 heterocycles. The first-order valence-electron chi connectivity index (χ1n) is 4.76. The molecule has 0 atom stereocenters. The van der Waals surface area contributed by atoms with Gasteiger partial charge in [0.1, 0.15) is 0 Å². The molecule has 2 heteroatoms. The van der Waals surface area contributed by atoms with E-state index in [4.69, 9.17) is 0 Å². The molecule has 0 unspecified atom stereocenters. The molecule has 2 nitrogen and oxygen atoms in total. The van der Waals surface area contributed by atoms with Gasteiger partial charge in [-0.15, -0.1) is 0 Å². The fourth-order valence-electron chi connectivity index (χ4n) is 0.941. The topological polar surface area (TPSA) is 29.1 Å². The predicted octanol–water partition coefficient (Wildman–Crippen LogP) is 2.51. The summed E-state index contributed by atoms with van der Waals surface area (Å²) in [5.41, 5.74) is 1.44. The lowest BCUT2D eigenvalue weighted by Crippen LogP contribution is -2.21. The normalized spacial score (nSPS) is 11.1. The molecule has 0 fully saturated rings. The fraction of sp³-hybridized carbons (Fsp3) is 0.727. The van der Waals surface area contributed by atoms with Crippen LogP contribution in [0.15, 0.2) is 12.2 Å². The van der Waals surface area contributed by atoms with Crippen LogP contribution in [0.1, 0.15) is 40.5 Å². The minimum Gasteiger partial charge on any atom is -0.356 e. The molecule has 0 rings (SSSR count). The Bertz CT molecular complexity index is 189. The van der Waals surface area contributed by atoms with Crippen molar-refractivity contribution < 1.29 is 4.79 Å². The lowest BCUT2D eigenvalue weighted by molar-refractivity contribution is -0.118. The zero-order valence-corrected chi connectivity index (χ0v) is 9.24. The molecule has 1 N–H and O–H groups in total. The highest BCUT2D eigenvalue weighted by molar-refractivity contribution is 5.72. The third kappa shape index (κ3) is 6.38. The molecule has 0 aliphatic heterocycles. The lowest BCUT2D eigenvalue weighted by Gasteiger charge is -2.21. The highest BCUT2D eigenvalue weighted by Gasteiger charge is 2.13. The van der Waals surface area contributed by atoms with E-state index >= 15 is 0 Å². The first-order chi connectivity index (χ1) is 5.84. The van der Waals surface area contributed by atoms with Gasteiger partial charge in [0.15, 0.2) is 0 Å². The Labute approximate surface area is 81.4 Å². The molecular weight excluding hydrogens is 162 g/mol. The smallest absolute Gasteiger partial charge is 0.216 e. The number of allylic oxidation sites excluding steroid dienone is 1. The van der Waals surface area contributed by atoms with E-state index in [1.54, 1.807) is 6.92 Å². The van der Waals surface area contributed by atoms with Crippen LogP contribution >= 0.6 is 0 Å². The SMILES string of the molecule is C=C(CCCNC(C)=O)C(C)(C)C. The number of carbonyl (C=O) groups excluding carboxylic acids is 1. The molecular formula is C11H21NO. The van der Waals surface area contributed by atoms with Crippen LogP contribution in [0.3, 0.4) is 0 Å². The molecule has 0 saturated heterocycles. The Morgan fingerprint density at radius 1 is 1.38 bits per heavy atom. The van der Waals surface area contributed by atoms with Gasteiger partial charge < -0.3 is 5.32 Å². The van der Waals surface area contributed by atoms with E-state index in [-0.39, 0.29) is 11.3 Å². The predicted molar refractivity (Wildman–Crippen MR) is 56.5 cm³/mol. The first kappa shape index (κ1) is 12.2. The zero-order valence-electron chi connectivity index (χ0n) is 9.24. The number of hydrogen-bond acceptors (Lipinski definition) is 1. The minimum absolute atomic E-state index is 0.0429. The highest BCUT2D eigenvalue weighted by atomic mass is 16.1. The summed E-state index contributed by atoms with van der Waals surface area (Å²) < 4.78 is 0. The largest absolute Gasteiger partial charge is 0.356 e. The van der Waals surface area contributed by atoms with E-state index in [0.29, 0.717) is 0 Å². The first-order valence-corrected chi connectivity index (χ1v) is 4.76. The molecule has 0 radical (unpaired) electrons. The maximum absolute atomic E-state index is 10.6. The van der Waals surface area contributed by atoms with Crippen LogP contribution < -0.4 is 5.32 Å². The van der Waals surface area contributed by atoms with Gasteiger partial charge >= 0.3 is 0 Å². The van der Waals surface area contributed by atoms with E-state index in [1.165, 1.54) is 5.57 Å². The van der Waals surface area contributed by atoms with Gasteiger partial charge in [-0.1, -0.05) is 32.9 Å². The van der Waals surface area contributed by atoms with E-state index < -0.39 is 0 Å². The fourth-order valence-corrected chi connectivity index (χ4v) is 0.941. The molecule has 0 aromatic rings. The molecule has 0 bridgehead atoms. The van der Waals surface area contributed by atoms with Crippen molar-refractivity contribution in [2.24, 2.45) is 5.41 Å². The van der Waals surface area contributed by atoms with Crippen molar-refractivity contribution in [1.82, 2.24) is 5.32 Å². The number of nitrogens with one attached hydrogen (secondary N) is 1. The van der Waals surface area contributed by atoms with Crippen LogP contribution in [-0.2, 0) is 4.79 Å². The van der Waals surface area contributed by atoms with Gasteiger partial charge in [0.25, 0.3) is 0 Å². The van der Waals surface area contributed by atoms with Gasteiger partial charge in [-0.3, -0.25) is 4.79 Å². The van der Waals surface area contributed by atoms with Gasteiger partial charge in [0.2, 0.25) is 5.91 Å². The summed E-state index contributed by atoms with van der Waals surface area (Å²) in [6.45, 7) is 12.8. The average molecular weight is 183 g/mol. The highest BCUT2D eigenvalue weighted by Crippen LogP contribution is 2.26. The number of carbonyl (C=O) groups is 1. The Kier molecular flexibility index (Phi) is 4.74. The summed E-state index contributed by atoms with van der Waals surface area (Å²) in [6.07, 6.45) is 1.97. The number of rotatable bonds is 4. The second-order valence-electron chi connectivity index (χ2n) is 4.44. The summed E-state index contributed by atoms with van der Waals surface area (Å²) in [7, 11) is 0. The number of hydrogen-bond donors (Lipinski definition) is 1.